The first-order valence-corrected chi connectivity index (χ1v) is 14.3. The molecule has 5 atom stereocenters. The Hall–Kier alpha value is 0.729. The second-order valence-corrected chi connectivity index (χ2v) is 35.0. The molecule has 18 heavy (non-hydrogen) atoms. The van der Waals surface area contributed by atoms with Crippen LogP contribution in [-0.4, -0.2) is 23.9 Å². The molecule has 10 aliphatic heterocycles. The molecule has 10 rings (SSSR count). The van der Waals surface area contributed by atoms with Crippen LogP contribution in [0.3, 0.4) is 0 Å². The molecule has 4 heteroatoms. The number of fused-ring (bicyclic) bond motifs is 10. The van der Waals surface area contributed by atoms with E-state index in [1.807, 2.05) is 0 Å². The van der Waals surface area contributed by atoms with E-state index in [1.165, 1.54) is 43.3 Å². The van der Waals surface area contributed by atoms with Crippen molar-refractivity contribution in [3.8, 4) is 0 Å². The van der Waals surface area contributed by atoms with Crippen LogP contribution in [0.2, 0.25) is 47.7 Å². The number of halogens is 1. The minimum absolute atomic E-state index is 0.0676. The van der Waals surface area contributed by atoms with Crippen LogP contribution >= 0.6 is 11.6 Å². The second kappa shape index (κ2) is 0.675. The Balaban J connectivity index is 1.32. The first-order chi connectivity index (χ1) is 8.53. The zero-order valence-corrected chi connectivity index (χ0v) is 11.8. The molecule has 0 aromatic carbocycles. The summed E-state index contributed by atoms with van der Waals surface area (Å²) < 4.78 is 6.71. The maximum absolute atomic E-state index is 8.91. The van der Waals surface area contributed by atoms with Gasteiger partial charge in [0.25, 0.3) is 0 Å². The predicted octanol–water partition coefficient (Wildman–Crippen LogP) is 3.71. The molecule has 0 saturated carbocycles. The summed E-state index contributed by atoms with van der Waals surface area (Å²) in [5.74, 6) is 0. The standard InChI is InChI=1S/C9H12ClO2.C5H5.Fe/c10-9(12-7-3-6-11)8-4-1-2-5-8;1-2-4-5-3-1;/h1-2,4-5,9,11H,3,6-7H2;1-5H;. The molecule has 100 valence electrons. The van der Waals surface area contributed by atoms with Crippen LogP contribution < -0.4 is 0 Å². The van der Waals surface area contributed by atoms with Crippen molar-refractivity contribution in [1.82, 2.24) is 0 Å². The van der Waals surface area contributed by atoms with Crippen LogP contribution in [0.4, 0.5) is 0 Å². The van der Waals surface area contributed by atoms with Crippen LogP contribution in [0, 0.1) is 0 Å². The molecule has 0 radical (unpaired) electrons. The van der Waals surface area contributed by atoms with Gasteiger partial charge in [0, 0.05) is 0 Å². The minimum atomic E-state index is -3.01. The molecule has 10 saturated heterocycles. The van der Waals surface area contributed by atoms with Gasteiger partial charge in [0.1, 0.15) is 0 Å². The molecule has 0 aromatic heterocycles. The van der Waals surface area contributed by atoms with Crippen molar-refractivity contribution in [2.24, 2.45) is 0 Å². The Kier molecular flexibility index (Phi) is 0.287. The molecule has 5 unspecified atom stereocenters. The summed E-state index contributed by atoms with van der Waals surface area (Å²) in [7, 11) is 0. The number of hydrogen-bond acceptors (Lipinski definition) is 2. The van der Waals surface area contributed by atoms with Crippen molar-refractivity contribution in [1.29, 1.82) is 0 Å². The summed E-state index contributed by atoms with van der Waals surface area (Å²) in [6.07, 6.45) is 0.760. The van der Waals surface area contributed by atoms with E-state index in [0.29, 0.717) is 10.9 Å². The van der Waals surface area contributed by atoms with Gasteiger partial charge in [0.15, 0.2) is 0 Å². The predicted molar refractivity (Wildman–Crippen MR) is 63.7 cm³/mol. The fourth-order valence-electron chi connectivity index (χ4n) is 17.4. The third-order valence-corrected chi connectivity index (χ3v) is 59.0. The van der Waals surface area contributed by atoms with Crippen molar-refractivity contribution in [2.75, 3.05) is 13.2 Å². The van der Waals surface area contributed by atoms with E-state index in [0.717, 1.165) is 6.42 Å². The van der Waals surface area contributed by atoms with E-state index < -0.39 is 6.51 Å². The Morgan fingerprint density at radius 1 is 1.06 bits per heavy atom. The van der Waals surface area contributed by atoms with Crippen molar-refractivity contribution in [2.45, 2.75) is 59.6 Å². The van der Waals surface area contributed by atoms with Crippen LogP contribution in [0.25, 0.3) is 0 Å². The molecule has 1 N–H and O–H groups in total. The second-order valence-electron chi connectivity index (χ2n) is 11.0. The SMILES string of the molecule is OCCCOC(Cl)[C]12[CH]3[CH]4[CH]5[CH]1[Fe]45321678[CH]2[CH]1[CH]6[CH]7[CH]28. The quantitative estimate of drug-likeness (QED) is 0.476. The van der Waals surface area contributed by atoms with Gasteiger partial charge < -0.3 is 0 Å². The summed E-state index contributed by atoms with van der Waals surface area (Å²) in [6.45, 7) is -2.09. The summed E-state index contributed by atoms with van der Waals surface area (Å²) in [4.78, 5) is 11.8. The zero-order valence-electron chi connectivity index (χ0n) is 9.98. The van der Waals surface area contributed by atoms with Gasteiger partial charge in [-0.15, -0.1) is 0 Å². The number of aliphatic hydroxyl groups excluding tert-OH is 1. The molecule has 10 aliphatic rings. The molecule has 0 aromatic rings. The molecule has 0 bridgehead atoms. The Labute approximate surface area is 101 Å². The number of aliphatic hydroxyl groups is 1. The number of ether oxygens (including phenoxy) is 1. The monoisotopic (exact) mass is 308 g/mol. The normalized spacial score (nSPS) is 115. The molecular weight excluding hydrogens is 291 g/mol. The van der Waals surface area contributed by atoms with Gasteiger partial charge in [-0.05, 0) is 0 Å². The van der Waals surface area contributed by atoms with Crippen LogP contribution in [-0.2, 0) is 11.2 Å². The van der Waals surface area contributed by atoms with Gasteiger partial charge >= 0.3 is 101 Å². The molecule has 10 fully saturated rings. The third-order valence-electron chi connectivity index (χ3n) is 15.7. The van der Waals surface area contributed by atoms with Crippen molar-refractivity contribution >= 4 is 11.6 Å². The summed E-state index contributed by atoms with van der Waals surface area (Å²) >= 11 is 6.86. The van der Waals surface area contributed by atoms with Crippen molar-refractivity contribution < 1.29 is 16.4 Å². The molecule has 1 spiro atoms. The fourth-order valence-corrected chi connectivity index (χ4v) is 93.9. The number of hydrogen-bond donors (Lipinski definition) is 1. The fraction of sp³-hybridized carbons (Fsp3) is 1.00. The number of rotatable bonds is 5. The van der Waals surface area contributed by atoms with Gasteiger partial charge in [-0.3, -0.25) is 0 Å². The molecule has 2 nitrogen and oxygen atoms in total. The van der Waals surface area contributed by atoms with Gasteiger partial charge in [-0.1, -0.05) is 0 Å². The average molecular weight is 309 g/mol. The van der Waals surface area contributed by atoms with Crippen molar-refractivity contribution in [3.05, 3.63) is 0 Å². The zero-order chi connectivity index (χ0) is 11.4. The van der Waals surface area contributed by atoms with Crippen LogP contribution in [0.1, 0.15) is 6.42 Å². The Morgan fingerprint density at radius 3 is 1.94 bits per heavy atom. The molecule has 10 heterocycles. The number of alkyl halides is 1. The maximum atomic E-state index is 8.91. The Bertz CT molecular complexity index is 874. The van der Waals surface area contributed by atoms with E-state index in [4.69, 9.17) is 21.4 Å². The van der Waals surface area contributed by atoms with Crippen molar-refractivity contribution in [3.63, 3.8) is 0 Å². The van der Waals surface area contributed by atoms with E-state index in [1.54, 1.807) is 0 Å². The van der Waals surface area contributed by atoms with Crippen LogP contribution in [0.5, 0.6) is 0 Å². The van der Waals surface area contributed by atoms with E-state index in [-0.39, 0.29) is 12.2 Å². The summed E-state index contributed by atoms with van der Waals surface area (Å²) in [5, 5.41) is 8.91. The third kappa shape index (κ3) is 0.0820. The topological polar surface area (TPSA) is 29.5 Å². The summed E-state index contributed by atoms with van der Waals surface area (Å²) in [6, 6.07) is 0. The molecule has 0 aliphatic carbocycles. The van der Waals surface area contributed by atoms with Gasteiger partial charge in [0.2, 0.25) is 0 Å². The van der Waals surface area contributed by atoms with Gasteiger partial charge in [-0.2, -0.15) is 0 Å². The van der Waals surface area contributed by atoms with E-state index in [9.17, 15) is 0 Å². The Morgan fingerprint density at radius 2 is 1.61 bits per heavy atom. The molecule has 0 amide bonds. The van der Waals surface area contributed by atoms with Gasteiger partial charge in [-0.25, -0.2) is 0 Å². The van der Waals surface area contributed by atoms with E-state index in [2.05, 4.69) is 0 Å². The average Bonchev–Trinajstić information content (AvgIpc) is 3.31. The molecular formula is C14H17ClFeO2. The first-order valence-electron chi connectivity index (χ1n) is 7.61. The summed E-state index contributed by atoms with van der Waals surface area (Å²) in [5.41, 5.74) is 0.0676. The van der Waals surface area contributed by atoms with E-state index >= 15 is 0 Å². The van der Waals surface area contributed by atoms with Crippen LogP contribution in [0.15, 0.2) is 0 Å². The van der Waals surface area contributed by atoms with Gasteiger partial charge in [0.05, 0.1) is 0 Å². The first kappa shape index (κ1) is 7.66.